The Hall–Kier alpha value is -2.75. The van der Waals surface area contributed by atoms with Crippen molar-refractivity contribution in [2.45, 2.75) is 39.0 Å². The molecule has 0 saturated carbocycles. The number of nitrogens with one attached hydrogen (secondary N) is 2. The molecule has 1 aromatic heterocycles. The van der Waals surface area contributed by atoms with Crippen LogP contribution in [-0.4, -0.2) is 44.5 Å². The van der Waals surface area contributed by atoms with Crippen molar-refractivity contribution in [3.63, 3.8) is 0 Å². The van der Waals surface area contributed by atoms with E-state index < -0.39 is 11.7 Å². The molecule has 0 bridgehead atoms. The Bertz CT molecular complexity index is 889. The van der Waals surface area contributed by atoms with Gasteiger partial charge in [0, 0.05) is 38.4 Å². The molecule has 1 aliphatic rings. The molecule has 1 saturated heterocycles. The molecular weight excluding hydrogens is 411 g/mol. The number of alkyl halides is 3. The number of nitrogens with zero attached hydrogens (tertiary/aromatic N) is 3. The molecule has 2 heterocycles. The molecule has 31 heavy (non-hydrogen) atoms. The summed E-state index contributed by atoms with van der Waals surface area (Å²) in [5, 5.41) is 9.96. The fraction of sp³-hybridized carbons (Fsp3) is 0.524. The quantitative estimate of drug-likeness (QED) is 0.530. The number of anilines is 1. The molecule has 0 amide bonds. The first-order valence-electron chi connectivity index (χ1n) is 10.2. The lowest BCUT2D eigenvalue weighted by Gasteiger charge is -2.29. The van der Waals surface area contributed by atoms with Gasteiger partial charge >= 0.3 is 6.18 Å². The van der Waals surface area contributed by atoms with Crippen LogP contribution in [0.4, 0.5) is 18.9 Å². The van der Waals surface area contributed by atoms with Crippen LogP contribution in [0, 0.1) is 0 Å². The normalized spacial score (nSPS) is 15.5. The smallest absolute Gasteiger partial charge is 0.378 e. The van der Waals surface area contributed by atoms with Gasteiger partial charge in [-0.3, -0.25) is 4.99 Å². The van der Waals surface area contributed by atoms with Crippen molar-refractivity contribution < 1.29 is 22.4 Å². The molecule has 170 valence electrons. The van der Waals surface area contributed by atoms with Gasteiger partial charge in [-0.2, -0.15) is 13.2 Å². The van der Waals surface area contributed by atoms with Gasteiger partial charge in [-0.15, -0.1) is 0 Å². The predicted molar refractivity (Wildman–Crippen MR) is 112 cm³/mol. The third kappa shape index (κ3) is 6.13. The molecule has 0 spiro atoms. The number of halogens is 3. The zero-order valence-electron chi connectivity index (χ0n) is 17.9. The Kier molecular flexibility index (Phi) is 7.42. The van der Waals surface area contributed by atoms with Gasteiger partial charge in [0.1, 0.15) is 0 Å². The van der Waals surface area contributed by atoms with Gasteiger partial charge < -0.3 is 24.8 Å². The average molecular weight is 439 g/mol. The largest absolute Gasteiger partial charge is 0.416 e. The summed E-state index contributed by atoms with van der Waals surface area (Å²) in [6, 6.07) is 6.28. The lowest BCUT2D eigenvalue weighted by Crippen LogP contribution is -2.37. The van der Waals surface area contributed by atoms with Gasteiger partial charge in [0.05, 0.1) is 31.0 Å². The SMILES string of the molecule is CN=C(NCc1cc(C(C)C)no1)NCc1ccc(N2CCOCC2)cc1C(F)(F)F. The summed E-state index contributed by atoms with van der Waals surface area (Å²) < 4.78 is 51.7. The molecule has 7 nitrogen and oxygen atoms in total. The van der Waals surface area contributed by atoms with E-state index in [9.17, 15) is 13.2 Å². The van der Waals surface area contributed by atoms with Crippen LogP contribution in [0.25, 0.3) is 0 Å². The van der Waals surface area contributed by atoms with Crippen LogP contribution in [0.5, 0.6) is 0 Å². The monoisotopic (exact) mass is 439 g/mol. The highest BCUT2D eigenvalue weighted by Crippen LogP contribution is 2.35. The maximum atomic E-state index is 13.7. The van der Waals surface area contributed by atoms with Crippen molar-refractivity contribution in [2.24, 2.45) is 4.99 Å². The first-order chi connectivity index (χ1) is 14.8. The summed E-state index contributed by atoms with van der Waals surface area (Å²) in [4.78, 5) is 5.97. The standard InChI is InChI=1S/C21H28F3N5O2/c1-14(2)19-11-17(31-28-19)13-27-20(25-3)26-12-15-4-5-16(10-18(15)21(22,23)24)29-6-8-30-9-7-29/h4-5,10-11,14H,6-9,12-13H2,1-3H3,(H2,25,26,27). The molecular formula is C21H28F3N5O2. The maximum absolute atomic E-state index is 13.7. The second kappa shape index (κ2) is 10.0. The first-order valence-corrected chi connectivity index (χ1v) is 10.2. The Labute approximate surface area is 179 Å². The topological polar surface area (TPSA) is 74.9 Å². The fourth-order valence-electron chi connectivity index (χ4n) is 3.26. The zero-order valence-corrected chi connectivity index (χ0v) is 17.9. The van der Waals surface area contributed by atoms with Crippen molar-refractivity contribution in [3.8, 4) is 0 Å². The van der Waals surface area contributed by atoms with E-state index in [1.165, 1.54) is 12.1 Å². The summed E-state index contributed by atoms with van der Waals surface area (Å²) in [6.07, 6.45) is -4.46. The number of aromatic nitrogens is 1. The van der Waals surface area contributed by atoms with Crippen molar-refractivity contribution in [1.29, 1.82) is 0 Å². The molecule has 1 aromatic carbocycles. The maximum Gasteiger partial charge on any atom is 0.416 e. The van der Waals surface area contributed by atoms with Crippen LogP contribution in [0.15, 0.2) is 33.8 Å². The highest BCUT2D eigenvalue weighted by atomic mass is 19.4. The van der Waals surface area contributed by atoms with Crippen molar-refractivity contribution in [2.75, 3.05) is 38.3 Å². The Morgan fingerprint density at radius 2 is 1.87 bits per heavy atom. The molecule has 2 N–H and O–H groups in total. The minimum absolute atomic E-state index is 0.0223. The number of guanidine groups is 1. The minimum atomic E-state index is -4.46. The second-order valence-corrected chi connectivity index (χ2v) is 7.59. The number of morpholine rings is 1. The van der Waals surface area contributed by atoms with Gasteiger partial charge in [0.2, 0.25) is 0 Å². The van der Waals surface area contributed by atoms with Crippen LogP contribution >= 0.6 is 0 Å². The van der Waals surface area contributed by atoms with Crippen LogP contribution in [0.1, 0.15) is 42.3 Å². The summed E-state index contributed by atoms with van der Waals surface area (Å²) in [5.74, 6) is 1.24. The Morgan fingerprint density at radius 3 is 2.48 bits per heavy atom. The molecule has 3 rings (SSSR count). The van der Waals surface area contributed by atoms with Gasteiger partial charge in [0.15, 0.2) is 11.7 Å². The van der Waals surface area contributed by atoms with E-state index in [1.54, 1.807) is 13.1 Å². The molecule has 0 unspecified atom stereocenters. The highest BCUT2D eigenvalue weighted by Gasteiger charge is 2.34. The van der Waals surface area contributed by atoms with E-state index in [1.807, 2.05) is 24.8 Å². The van der Waals surface area contributed by atoms with Crippen LogP contribution in [0.3, 0.4) is 0 Å². The lowest BCUT2D eigenvalue weighted by atomic mass is 10.0. The van der Waals surface area contributed by atoms with E-state index in [0.29, 0.717) is 50.3 Å². The van der Waals surface area contributed by atoms with Crippen molar-refractivity contribution >= 4 is 11.6 Å². The number of hydrogen-bond acceptors (Lipinski definition) is 5. The number of ether oxygens (including phenoxy) is 1. The molecule has 0 atom stereocenters. The molecule has 0 radical (unpaired) electrons. The first kappa shape index (κ1) is 22.9. The lowest BCUT2D eigenvalue weighted by molar-refractivity contribution is -0.138. The van der Waals surface area contributed by atoms with Crippen LogP contribution in [-0.2, 0) is 24.0 Å². The van der Waals surface area contributed by atoms with E-state index in [0.717, 1.165) is 5.69 Å². The van der Waals surface area contributed by atoms with Crippen molar-refractivity contribution in [1.82, 2.24) is 15.8 Å². The van der Waals surface area contributed by atoms with Gasteiger partial charge in [-0.1, -0.05) is 25.1 Å². The summed E-state index contributed by atoms with van der Waals surface area (Å²) in [7, 11) is 1.56. The Balaban J connectivity index is 1.65. The third-order valence-electron chi connectivity index (χ3n) is 5.04. The highest BCUT2D eigenvalue weighted by molar-refractivity contribution is 5.79. The Morgan fingerprint density at radius 1 is 1.16 bits per heavy atom. The number of hydrogen-bond donors (Lipinski definition) is 2. The van der Waals surface area contributed by atoms with E-state index in [2.05, 4.69) is 20.8 Å². The van der Waals surface area contributed by atoms with Crippen molar-refractivity contribution in [3.05, 3.63) is 46.8 Å². The van der Waals surface area contributed by atoms with E-state index >= 15 is 0 Å². The third-order valence-corrected chi connectivity index (χ3v) is 5.04. The predicted octanol–water partition coefficient (Wildman–Crippen LogP) is 3.52. The molecule has 1 aliphatic heterocycles. The summed E-state index contributed by atoms with van der Waals surface area (Å²) in [6.45, 7) is 6.49. The summed E-state index contributed by atoms with van der Waals surface area (Å²) >= 11 is 0. The van der Waals surface area contributed by atoms with Crippen LogP contribution in [0.2, 0.25) is 0 Å². The number of aliphatic imine (C=N–C) groups is 1. The molecule has 10 heteroatoms. The number of benzene rings is 1. The second-order valence-electron chi connectivity index (χ2n) is 7.59. The molecule has 1 fully saturated rings. The number of rotatable bonds is 6. The molecule has 0 aliphatic carbocycles. The van der Waals surface area contributed by atoms with E-state index in [4.69, 9.17) is 9.26 Å². The fourth-order valence-corrected chi connectivity index (χ4v) is 3.26. The van der Waals surface area contributed by atoms with E-state index in [-0.39, 0.29) is 18.0 Å². The summed E-state index contributed by atoms with van der Waals surface area (Å²) in [5.41, 5.74) is 0.883. The molecule has 2 aromatic rings. The van der Waals surface area contributed by atoms with Gasteiger partial charge in [-0.05, 0) is 23.6 Å². The van der Waals surface area contributed by atoms with Crippen LogP contribution < -0.4 is 15.5 Å². The minimum Gasteiger partial charge on any atom is -0.378 e. The van der Waals surface area contributed by atoms with Gasteiger partial charge in [0.25, 0.3) is 0 Å². The van der Waals surface area contributed by atoms with Gasteiger partial charge in [-0.25, -0.2) is 0 Å². The zero-order chi connectivity index (χ0) is 22.4. The average Bonchev–Trinajstić information content (AvgIpc) is 3.23.